The summed E-state index contributed by atoms with van der Waals surface area (Å²) in [6.45, 7) is 3.80. The van der Waals surface area contributed by atoms with E-state index in [4.69, 9.17) is 0 Å². The lowest BCUT2D eigenvalue weighted by molar-refractivity contribution is -0.119. The first-order valence-corrected chi connectivity index (χ1v) is 6.40. The summed E-state index contributed by atoms with van der Waals surface area (Å²) in [5, 5.41) is 3.37. The van der Waals surface area contributed by atoms with Crippen molar-refractivity contribution in [2.75, 3.05) is 18.0 Å². The van der Waals surface area contributed by atoms with Crippen LogP contribution in [0.3, 0.4) is 0 Å². The number of amides is 1. The van der Waals surface area contributed by atoms with Gasteiger partial charge in [0.05, 0.1) is 0 Å². The Hall–Kier alpha value is -1.06. The van der Waals surface area contributed by atoms with Gasteiger partial charge < -0.3 is 10.2 Å². The van der Waals surface area contributed by atoms with E-state index in [0.29, 0.717) is 12.5 Å². The Morgan fingerprint density at radius 2 is 2.11 bits per heavy atom. The number of hydrogen-bond donors (Lipinski definition) is 1. The van der Waals surface area contributed by atoms with E-state index in [1.165, 1.54) is 6.42 Å². The van der Waals surface area contributed by atoms with E-state index in [0.717, 1.165) is 25.2 Å². The van der Waals surface area contributed by atoms with E-state index in [2.05, 4.69) is 5.32 Å². The summed E-state index contributed by atoms with van der Waals surface area (Å²) in [6.07, 6.45) is 2.93. The van der Waals surface area contributed by atoms with Crippen LogP contribution in [0.4, 0.5) is 5.69 Å². The lowest BCUT2D eigenvalue weighted by Gasteiger charge is -2.22. The minimum Gasteiger partial charge on any atom is -0.313 e. The summed E-state index contributed by atoms with van der Waals surface area (Å²) in [5.41, 5.74) is 0.998. The Morgan fingerprint density at radius 3 is 2.67 bits per heavy atom. The van der Waals surface area contributed by atoms with Gasteiger partial charge in [-0.25, -0.2) is 0 Å². The summed E-state index contributed by atoms with van der Waals surface area (Å²) in [4.78, 5) is 14.1. The van der Waals surface area contributed by atoms with Crippen molar-refractivity contribution >= 4 is 24.0 Å². The minimum atomic E-state index is 0. The molecule has 2 rings (SSSR count). The zero-order valence-corrected chi connectivity index (χ0v) is 11.6. The molecule has 0 spiro atoms. The highest BCUT2D eigenvalue weighted by Gasteiger charge is 2.21. The normalized spacial score (nSPS) is 18.2. The van der Waals surface area contributed by atoms with Crippen molar-refractivity contribution < 1.29 is 4.79 Å². The van der Waals surface area contributed by atoms with Crippen LogP contribution in [-0.2, 0) is 4.79 Å². The van der Waals surface area contributed by atoms with Crippen molar-refractivity contribution in [3.8, 4) is 0 Å². The molecule has 1 aliphatic heterocycles. The predicted octanol–water partition coefficient (Wildman–Crippen LogP) is 2.60. The number of hydrogen-bond acceptors (Lipinski definition) is 2. The van der Waals surface area contributed by atoms with Gasteiger partial charge in [0.15, 0.2) is 0 Å². The molecule has 1 fully saturated rings. The summed E-state index contributed by atoms with van der Waals surface area (Å²) in [6, 6.07) is 10.3. The molecule has 1 amide bonds. The van der Waals surface area contributed by atoms with Gasteiger partial charge in [-0.05, 0) is 38.4 Å². The second-order valence-corrected chi connectivity index (χ2v) is 4.47. The van der Waals surface area contributed by atoms with Crippen LogP contribution >= 0.6 is 12.4 Å². The SMILES string of the molecule is CCN(C(=O)CC1CCCN1)c1ccccc1.Cl. The van der Waals surface area contributed by atoms with Gasteiger partial charge in [-0.2, -0.15) is 0 Å². The predicted molar refractivity (Wildman–Crippen MR) is 77.4 cm³/mol. The number of benzene rings is 1. The topological polar surface area (TPSA) is 32.3 Å². The van der Waals surface area contributed by atoms with Crippen LogP contribution in [0.1, 0.15) is 26.2 Å². The molecule has 0 bridgehead atoms. The third-order valence-corrected chi connectivity index (χ3v) is 3.27. The molecule has 1 saturated heterocycles. The molecular formula is C14H21ClN2O. The molecule has 1 aliphatic rings. The summed E-state index contributed by atoms with van der Waals surface area (Å²) in [5.74, 6) is 0.220. The molecule has 1 N–H and O–H groups in total. The van der Waals surface area contributed by atoms with Gasteiger partial charge >= 0.3 is 0 Å². The van der Waals surface area contributed by atoms with E-state index >= 15 is 0 Å². The molecule has 0 saturated carbocycles. The van der Waals surface area contributed by atoms with E-state index in [9.17, 15) is 4.79 Å². The maximum atomic E-state index is 12.2. The van der Waals surface area contributed by atoms with Gasteiger partial charge in [0.2, 0.25) is 5.91 Å². The second kappa shape index (κ2) is 7.39. The Labute approximate surface area is 115 Å². The van der Waals surface area contributed by atoms with Crippen molar-refractivity contribution in [1.29, 1.82) is 0 Å². The molecule has 1 unspecified atom stereocenters. The molecule has 1 aromatic carbocycles. The lowest BCUT2D eigenvalue weighted by Crippen LogP contribution is -2.35. The highest BCUT2D eigenvalue weighted by Crippen LogP contribution is 2.17. The fourth-order valence-electron chi connectivity index (χ4n) is 2.36. The molecule has 0 aromatic heterocycles. The van der Waals surface area contributed by atoms with Crippen molar-refractivity contribution in [3.05, 3.63) is 30.3 Å². The number of rotatable bonds is 4. The summed E-state index contributed by atoms with van der Waals surface area (Å²) in [7, 11) is 0. The average molecular weight is 269 g/mol. The van der Waals surface area contributed by atoms with Gasteiger partial charge in [-0.1, -0.05) is 18.2 Å². The number of carbonyl (C=O) groups excluding carboxylic acids is 1. The third-order valence-electron chi connectivity index (χ3n) is 3.27. The standard InChI is InChI=1S/C14H20N2O.ClH/c1-2-16(13-8-4-3-5-9-13)14(17)11-12-7-6-10-15-12;/h3-5,8-9,12,15H,2,6-7,10-11H2,1H3;1H. The molecule has 18 heavy (non-hydrogen) atoms. The fraction of sp³-hybridized carbons (Fsp3) is 0.500. The lowest BCUT2D eigenvalue weighted by atomic mass is 10.1. The molecule has 0 radical (unpaired) electrons. The summed E-state index contributed by atoms with van der Waals surface area (Å²) < 4.78 is 0. The largest absolute Gasteiger partial charge is 0.313 e. The van der Waals surface area contributed by atoms with E-state index in [1.54, 1.807) is 0 Å². The number of nitrogens with zero attached hydrogens (tertiary/aromatic N) is 1. The van der Waals surface area contributed by atoms with Crippen molar-refractivity contribution in [2.24, 2.45) is 0 Å². The van der Waals surface area contributed by atoms with Gasteiger partial charge in [-0.3, -0.25) is 4.79 Å². The maximum absolute atomic E-state index is 12.2. The zero-order chi connectivity index (χ0) is 12.1. The van der Waals surface area contributed by atoms with Crippen molar-refractivity contribution in [3.63, 3.8) is 0 Å². The van der Waals surface area contributed by atoms with Crippen molar-refractivity contribution in [1.82, 2.24) is 5.32 Å². The van der Waals surface area contributed by atoms with Gasteiger partial charge in [0.1, 0.15) is 0 Å². The van der Waals surface area contributed by atoms with Gasteiger partial charge in [-0.15, -0.1) is 12.4 Å². The first-order chi connectivity index (χ1) is 8.31. The third kappa shape index (κ3) is 3.72. The fourth-order valence-corrected chi connectivity index (χ4v) is 2.36. The smallest absolute Gasteiger partial charge is 0.228 e. The Morgan fingerprint density at radius 1 is 1.39 bits per heavy atom. The van der Waals surface area contributed by atoms with Gasteiger partial charge in [0.25, 0.3) is 0 Å². The molecule has 1 atom stereocenters. The number of para-hydroxylation sites is 1. The number of carbonyl (C=O) groups is 1. The summed E-state index contributed by atoms with van der Waals surface area (Å²) >= 11 is 0. The zero-order valence-electron chi connectivity index (χ0n) is 10.8. The number of halogens is 1. The van der Waals surface area contributed by atoms with E-state index < -0.39 is 0 Å². The molecule has 3 nitrogen and oxygen atoms in total. The Balaban J connectivity index is 0.00000162. The molecular weight excluding hydrogens is 248 g/mol. The van der Waals surface area contributed by atoms with Crippen LogP contribution in [0.15, 0.2) is 30.3 Å². The molecule has 0 aliphatic carbocycles. The molecule has 1 aromatic rings. The highest BCUT2D eigenvalue weighted by molar-refractivity contribution is 5.93. The number of nitrogens with one attached hydrogen (secondary N) is 1. The van der Waals surface area contributed by atoms with Crippen LogP contribution < -0.4 is 10.2 Å². The number of anilines is 1. The van der Waals surface area contributed by atoms with Gasteiger partial charge in [0, 0.05) is 24.7 Å². The first-order valence-electron chi connectivity index (χ1n) is 6.40. The van der Waals surface area contributed by atoms with Crippen molar-refractivity contribution in [2.45, 2.75) is 32.2 Å². The second-order valence-electron chi connectivity index (χ2n) is 4.47. The first kappa shape index (κ1) is 15.0. The maximum Gasteiger partial charge on any atom is 0.228 e. The average Bonchev–Trinajstić information content (AvgIpc) is 2.84. The Kier molecular flexibility index (Phi) is 6.16. The van der Waals surface area contributed by atoms with E-state index in [1.807, 2.05) is 42.2 Å². The molecule has 4 heteroatoms. The molecule has 1 heterocycles. The monoisotopic (exact) mass is 268 g/mol. The quantitative estimate of drug-likeness (QED) is 0.910. The van der Waals surface area contributed by atoms with E-state index in [-0.39, 0.29) is 18.3 Å². The van der Waals surface area contributed by atoms with Crippen LogP contribution in [0.5, 0.6) is 0 Å². The van der Waals surface area contributed by atoms with Crippen LogP contribution in [0.2, 0.25) is 0 Å². The molecule has 100 valence electrons. The highest BCUT2D eigenvalue weighted by atomic mass is 35.5. The van der Waals surface area contributed by atoms with Crippen LogP contribution in [0, 0.1) is 0 Å². The minimum absolute atomic E-state index is 0. The van der Waals surface area contributed by atoms with Crippen LogP contribution in [-0.4, -0.2) is 25.0 Å². The van der Waals surface area contributed by atoms with Crippen LogP contribution in [0.25, 0.3) is 0 Å². The Bertz CT molecular complexity index is 363.